The summed E-state index contributed by atoms with van der Waals surface area (Å²) >= 11 is 0. The first-order chi connectivity index (χ1) is 12.6. The summed E-state index contributed by atoms with van der Waals surface area (Å²) in [5.41, 5.74) is 0.0303. The molecule has 0 amide bonds. The van der Waals surface area contributed by atoms with E-state index in [1.807, 2.05) is 30.3 Å². The van der Waals surface area contributed by atoms with E-state index in [9.17, 15) is 0 Å². The third-order valence-corrected chi connectivity index (χ3v) is 4.46. The van der Waals surface area contributed by atoms with Gasteiger partial charge >= 0.3 is 0 Å². The van der Waals surface area contributed by atoms with Gasteiger partial charge in [0, 0.05) is 31.7 Å². The van der Waals surface area contributed by atoms with Crippen molar-refractivity contribution in [1.29, 1.82) is 0 Å². The Morgan fingerprint density at radius 3 is 2.62 bits per heavy atom. The maximum absolute atomic E-state index is 5.72. The molecule has 0 saturated carbocycles. The molecule has 0 aliphatic carbocycles. The number of morpholine rings is 1. The number of benzene rings is 1. The smallest absolute Gasteiger partial charge is 0.191 e. The van der Waals surface area contributed by atoms with Gasteiger partial charge in [-0.3, -0.25) is 9.89 Å². The zero-order valence-electron chi connectivity index (χ0n) is 16.5. The Morgan fingerprint density at radius 2 is 1.92 bits per heavy atom. The third-order valence-electron chi connectivity index (χ3n) is 4.46. The molecule has 0 atom stereocenters. The average molecular weight is 363 g/mol. The summed E-state index contributed by atoms with van der Waals surface area (Å²) in [5, 5.41) is 6.72. The molecule has 0 unspecified atom stereocenters. The predicted octanol–water partition coefficient (Wildman–Crippen LogP) is 2.12. The van der Waals surface area contributed by atoms with Gasteiger partial charge in [-0.2, -0.15) is 0 Å². The number of nitrogens with one attached hydrogen (secondary N) is 2. The van der Waals surface area contributed by atoms with E-state index in [4.69, 9.17) is 14.5 Å². The van der Waals surface area contributed by atoms with Crippen LogP contribution < -0.4 is 15.4 Å². The lowest BCUT2D eigenvalue weighted by Gasteiger charge is -2.39. The first-order valence-corrected chi connectivity index (χ1v) is 9.64. The van der Waals surface area contributed by atoms with Gasteiger partial charge in [0.05, 0.1) is 26.4 Å². The van der Waals surface area contributed by atoms with Crippen molar-refractivity contribution in [1.82, 2.24) is 15.5 Å². The lowest BCUT2D eigenvalue weighted by atomic mass is 10.0. The quantitative estimate of drug-likeness (QED) is 0.400. The van der Waals surface area contributed by atoms with Crippen LogP contribution >= 0.6 is 0 Å². The maximum atomic E-state index is 5.72. The monoisotopic (exact) mass is 362 g/mol. The van der Waals surface area contributed by atoms with E-state index in [1.54, 1.807) is 0 Å². The predicted molar refractivity (Wildman–Crippen MR) is 107 cm³/mol. The first-order valence-electron chi connectivity index (χ1n) is 9.64. The van der Waals surface area contributed by atoms with Crippen LogP contribution in [0.3, 0.4) is 0 Å². The molecule has 1 fully saturated rings. The molecule has 0 radical (unpaired) electrons. The van der Waals surface area contributed by atoms with Crippen molar-refractivity contribution in [2.45, 2.75) is 32.7 Å². The van der Waals surface area contributed by atoms with E-state index in [0.29, 0.717) is 6.61 Å². The minimum absolute atomic E-state index is 0.0303. The zero-order valence-corrected chi connectivity index (χ0v) is 16.5. The molecular weight excluding hydrogens is 328 g/mol. The molecule has 1 aliphatic heterocycles. The van der Waals surface area contributed by atoms with Crippen LogP contribution in [0.25, 0.3) is 0 Å². The van der Waals surface area contributed by atoms with E-state index < -0.39 is 0 Å². The van der Waals surface area contributed by atoms with Crippen LogP contribution in [-0.4, -0.2) is 68.9 Å². The van der Waals surface area contributed by atoms with Gasteiger partial charge in [0.25, 0.3) is 0 Å². The van der Waals surface area contributed by atoms with Crippen LogP contribution in [-0.2, 0) is 4.74 Å². The SMILES string of the molecule is CCNC(=NCC(C)(C)N1CCOCC1)NCCCOc1ccccc1. The number of para-hydroxylation sites is 1. The van der Waals surface area contributed by atoms with Gasteiger partial charge in [-0.25, -0.2) is 0 Å². The highest BCUT2D eigenvalue weighted by Crippen LogP contribution is 2.16. The second-order valence-electron chi connectivity index (χ2n) is 7.05. The zero-order chi connectivity index (χ0) is 18.7. The number of nitrogens with zero attached hydrogens (tertiary/aromatic N) is 2. The van der Waals surface area contributed by atoms with Crippen LogP contribution in [0.5, 0.6) is 5.75 Å². The highest BCUT2D eigenvalue weighted by molar-refractivity contribution is 5.79. The third kappa shape index (κ3) is 7.22. The van der Waals surface area contributed by atoms with Crippen molar-refractivity contribution in [3.8, 4) is 5.75 Å². The summed E-state index contributed by atoms with van der Waals surface area (Å²) < 4.78 is 11.2. The van der Waals surface area contributed by atoms with Crippen molar-refractivity contribution in [3.63, 3.8) is 0 Å². The number of ether oxygens (including phenoxy) is 2. The van der Waals surface area contributed by atoms with Gasteiger partial charge in [0.1, 0.15) is 5.75 Å². The van der Waals surface area contributed by atoms with Gasteiger partial charge in [-0.1, -0.05) is 18.2 Å². The molecule has 0 spiro atoms. The molecule has 1 saturated heterocycles. The Balaban J connectivity index is 1.73. The minimum Gasteiger partial charge on any atom is -0.494 e. The summed E-state index contributed by atoms with van der Waals surface area (Å²) in [6, 6.07) is 9.92. The average Bonchev–Trinajstić information content (AvgIpc) is 2.67. The van der Waals surface area contributed by atoms with Crippen LogP contribution in [0.2, 0.25) is 0 Å². The van der Waals surface area contributed by atoms with Crippen molar-refractivity contribution in [3.05, 3.63) is 30.3 Å². The molecule has 2 N–H and O–H groups in total. The van der Waals surface area contributed by atoms with Crippen molar-refractivity contribution in [2.24, 2.45) is 4.99 Å². The molecule has 1 heterocycles. The summed E-state index contributed by atoms with van der Waals surface area (Å²) in [6.07, 6.45) is 0.923. The minimum atomic E-state index is 0.0303. The van der Waals surface area contributed by atoms with E-state index in [-0.39, 0.29) is 5.54 Å². The van der Waals surface area contributed by atoms with Crippen LogP contribution in [0.15, 0.2) is 35.3 Å². The molecule has 146 valence electrons. The van der Waals surface area contributed by atoms with Crippen LogP contribution in [0.4, 0.5) is 0 Å². The normalized spacial score (nSPS) is 16.3. The molecule has 6 nitrogen and oxygen atoms in total. The fraction of sp³-hybridized carbons (Fsp3) is 0.650. The largest absolute Gasteiger partial charge is 0.494 e. The fourth-order valence-corrected chi connectivity index (χ4v) is 2.87. The molecule has 2 rings (SSSR count). The Morgan fingerprint density at radius 1 is 1.19 bits per heavy atom. The summed E-state index contributed by atoms with van der Waals surface area (Å²) in [7, 11) is 0. The van der Waals surface area contributed by atoms with Gasteiger partial charge < -0.3 is 20.1 Å². The molecule has 1 aromatic carbocycles. The van der Waals surface area contributed by atoms with E-state index >= 15 is 0 Å². The molecule has 1 aromatic rings. The fourth-order valence-electron chi connectivity index (χ4n) is 2.87. The standard InChI is InChI=1S/C20H34N4O2/c1-4-21-19(22-11-8-14-26-18-9-6-5-7-10-18)23-17-20(2,3)24-12-15-25-16-13-24/h5-7,9-10H,4,8,11-17H2,1-3H3,(H2,21,22,23). The molecule has 1 aliphatic rings. The maximum Gasteiger partial charge on any atom is 0.191 e. The Bertz CT molecular complexity index is 528. The molecular formula is C20H34N4O2. The van der Waals surface area contributed by atoms with Gasteiger partial charge in [-0.15, -0.1) is 0 Å². The molecule has 0 bridgehead atoms. The Hall–Kier alpha value is -1.79. The number of aliphatic imine (C=N–C) groups is 1. The van der Waals surface area contributed by atoms with E-state index in [0.717, 1.165) is 64.1 Å². The van der Waals surface area contributed by atoms with Gasteiger partial charge in [0.2, 0.25) is 0 Å². The van der Waals surface area contributed by atoms with E-state index in [2.05, 4.69) is 36.3 Å². The van der Waals surface area contributed by atoms with Gasteiger partial charge in [0.15, 0.2) is 5.96 Å². The number of rotatable bonds is 9. The molecule has 0 aromatic heterocycles. The Labute approximate surface area is 158 Å². The lowest BCUT2D eigenvalue weighted by Crippen LogP contribution is -2.52. The summed E-state index contributed by atoms with van der Waals surface area (Å²) in [4.78, 5) is 7.24. The molecule has 26 heavy (non-hydrogen) atoms. The van der Waals surface area contributed by atoms with Crippen molar-refractivity contribution < 1.29 is 9.47 Å². The second kappa shape index (κ2) is 11.0. The number of hydrogen-bond acceptors (Lipinski definition) is 4. The second-order valence-corrected chi connectivity index (χ2v) is 7.05. The highest BCUT2D eigenvalue weighted by Gasteiger charge is 2.27. The van der Waals surface area contributed by atoms with Crippen molar-refractivity contribution in [2.75, 3.05) is 52.5 Å². The van der Waals surface area contributed by atoms with E-state index in [1.165, 1.54) is 0 Å². The summed E-state index contributed by atoms with van der Waals surface area (Å²) in [5.74, 6) is 1.79. The lowest BCUT2D eigenvalue weighted by molar-refractivity contribution is -0.00683. The summed E-state index contributed by atoms with van der Waals surface area (Å²) in [6.45, 7) is 13.3. The number of guanidine groups is 1. The van der Waals surface area contributed by atoms with Crippen LogP contribution in [0, 0.1) is 0 Å². The Kier molecular flexibility index (Phi) is 8.71. The molecule has 6 heteroatoms. The highest BCUT2D eigenvalue weighted by atomic mass is 16.5. The van der Waals surface area contributed by atoms with Crippen LogP contribution in [0.1, 0.15) is 27.2 Å². The number of hydrogen-bond donors (Lipinski definition) is 2. The van der Waals surface area contributed by atoms with Crippen molar-refractivity contribution >= 4 is 5.96 Å². The van der Waals surface area contributed by atoms with Gasteiger partial charge in [-0.05, 0) is 39.3 Å². The topological polar surface area (TPSA) is 58.1 Å². The first kappa shape index (κ1) is 20.5.